The normalized spacial score (nSPS) is 13.3. The van der Waals surface area contributed by atoms with Crippen molar-refractivity contribution in [2.75, 3.05) is 47.4 Å². The Bertz CT molecular complexity index is 183. The van der Waals surface area contributed by atoms with Crippen molar-refractivity contribution in [1.29, 1.82) is 0 Å². The van der Waals surface area contributed by atoms with Gasteiger partial charge in [-0.1, -0.05) is 6.92 Å². The highest BCUT2D eigenvalue weighted by molar-refractivity contribution is 5.72. The average Bonchev–Trinajstić information content (AvgIpc) is 2.15. The molecule has 0 saturated carbocycles. The zero-order valence-corrected chi connectivity index (χ0v) is 10.6. The summed E-state index contributed by atoms with van der Waals surface area (Å²) < 4.78 is 4.95. The van der Waals surface area contributed by atoms with Gasteiger partial charge in [0, 0.05) is 19.6 Å². The molecule has 0 rings (SSSR count). The largest absolute Gasteiger partial charge is 0.466 e. The first-order valence-electron chi connectivity index (χ1n) is 5.47. The van der Waals surface area contributed by atoms with Crippen LogP contribution in [0.3, 0.4) is 0 Å². The minimum absolute atomic E-state index is 0.0443. The second kappa shape index (κ2) is 7.65. The monoisotopic (exact) mass is 216 g/mol. The van der Waals surface area contributed by atoms with Crippen molar-refractivity contribution in [3.63, 3.8) is 0 Å². The molecule has 0 fully saturated rings. The van der Waals surface area contributed by atoms with E-state index < -0.39 is 0 Å². The molecule has 0 heterocycles. The smallest absolute Gasteiger partial charge is 0.309 e. The summed E-state index contributed by atoms with van der Waals surface area (Å²) in [5.74, 6) is -0.147. The van der Waals surface area contributed by atoms with Gasteiger partial charge < -0.3 is 14.5 Å². The zero-order valence-electron chi connectivity index (χ0n) is 10.6. The molecule has 0 N–H and O–H groups in total. The third-order valence-electron chi connectivity index (χ3n) is 2.20. The molecule has 0 aromatic rings. The number of carbonyl (C=O) groups excluding carboxylic acids is 1. The van der Waals surface area contributed by atoms with Crippen molar-refractivity contribution < 1.29 is 9.53 Å². The summed E-state index contributed by atoms with van der Waals surface area (Å²) in [4.78, 5) is 15.6. The highest BCUT2D eigenvalue weighted by Crippen LogP contribution is 2.01. The van der Waals surface area contributed by atoms with Crippen LogP contribution in [0.15, 0.2) is 0 Å². The lowest BCUT2D eigenvalue weighted by atomic mass is 10.2. The molecule has 90 valence electrons. The topological polar surface area (TPSA) is 32.8 Å². The number of esters is 1. The summed E-state index contributed by atoms with van der Waals surface area (Å²) in [7, 11) is 6.12. The van der Waals surface area contributed by atoms with Crippen molar-refractivity contribution in [3.05, 3.63) is 0 Å². The molecule has 1 atom stereocenters. The Labute approximate surface area is 93.2 Å². The quantitative estimate of drug-likeness (QED) is 0.586. The van der Waals surface area contributed by atoms with Gasteiger partial charge in [-0.3, -0.25) is 4.79 Å². The fourth-order valence-electron chi connectivity index (χ4n) is 1.29. The molecule has 0 aliphatic carbocycles. The Morgan fingerprint density at radius 3 is 2.33 bits per heavy atom. The number of hydrogen-bond acceptors (Lipinski definition) is 4. The van der Waals surface area contributed by atoms with Crippen LogP contribution < -0.4 is 0 Å². The second-order valence-corrected chi connectivity index (χ2v) is 4.22. The van der Waals surface area contributed by atoms with Crippen LogP contribution in [-0.4, -0.2) is 63.2 Å². The van der Waals surface area contributed by atoms with E-state index in [1.165, 1.54) is 0 Å². The molecular formula is C11H24N2O2. The Morgan fingerprint density at radius 2 is 1.87 bits per heavy atom. The van der Waals surface area contributed by atoms with E-state index in [1.54, 1.807) is 0 Å². The minimum Gasteiger partial charge on any atom is -0.466 e. The molecule has 0 amide bonds. The fraction of sp³-hybridized carbons (Fsp3) is 0.909. The lowest BCUT2D eigenvalue weighted by molar-refractivity contribution is -0.147. The Hall–Kier alpha value is -0.610. The summed E-state index contributed by atoms with van der Waals surface area (Å²) in [5.41, 5.74) is 0. The van der Waals surface area contributed by atoms with Crippen molar-refractivity contribution >= 4 is 5.97 Å². The van der Waals surface area contributed by atoms with Crippen LogP contribution in [0.2, 0.25) is 0 Å². The number of carbonyl (C=O) groups is 1. The van der Waals surface area contributed by atoms with Crippen LogP contribution in [0.4, 0.5) is 0 Å². The highest BCUT2D eigenvalue weighted by atomic mass is 16.5. The molecular weight excluding hydrogens is 192 g/mol. The SMILES string of the molecule is CCOC(=O)C(C)CN(C)CCN(C)C. The van der Waals surface area contributed by atoms with E-state index in [0.717, 1.165) is 19.6 Å². The maximum Gasteiger partial charge on any atom is 0.309 e. The van der Waals surface area contributed by atoms with Gasteiger partial charge in [0.05, 0.1) is 12.5 Å². The van der Waals surface area contributed by atoms with Crippen molar-refractivity contribution in [3.8, 4) is 0 Å². The second-order valence-electron chi connectivity index (χ2n) is 4.22. The molecule has 0 aromatic heterocycles. The zero-order chi connectivity index (χ0) is 11.8. The molecule has 0 saturated heterocycles. The Kier molecular flexibility index (Phi) is 7.34. The average molecular weight is 216 g/mol. The lowest BCUT2D eigenvalue weighted by Crippen LogP contribution is -2.34. The van der Waals surface area contributed by atoms with Crippen LogP contribution in [0, 0.1) is 5.92 Å². The van der Waals surface area contributed by atoms with Crippen LogP contribution in [0.25, 0.3) is 0 Å². The van der Waals surface area contributed by atoms with Gasteiger partial charge in [0.25, 0.3) is 0 Å². The number of hydrogen-bond donors (Lipinski definition) is 0. The van der Waals surface area contributed by atoms with Gasteiger partial charge in [-0.05, 0) is 28.1 Å². The first-order valence-corrected chi connectivity index (χ1v) is 5.47. The van der Waals surface area contributed by atoms with Gasteiger partial charge in [0.15, 0.2) is 0 Å². The van der Waals surface area contributed by atoms with Gasteiger partial charge in [0.1, 0.15) is 0 Å². The van der Waals surface area contributed by atoms with Crippen LogP contribution in [0.1, 0.15) is 13.8 Å². The van der Waals surface area contributed by atoms with E-state index in [4.69, 9.17) is 4.74 Å². The number of ether oxygens (including phenoxy) is 1. The molecule has 0 spiro atoms. The van der Waals surface area contributed by atoms with Gasteiger partial charge in [0.2, 0.25) is 0 Å². The third-order valence-corrected chi connectivity index (χ3v) is 2.20. The van der Waals surface area contributed by atoms with E-state index in [2.05, 4.69) is 9.80 Å². The van der Waals surface area contributed by atoms with E-state index in [-0.39, 0.29) is 11.9 Å². The molecule has 0 radical (unpaired) electrons. The molecule has 4 nitrogen and oxygen atoms in total. The predicted molar refractivity (Wildman–Crippen MR) is 61.8 cm³/mol. The molecule has 0 aromatic carbocycles. The standard InChI is InChI=1S/C11H24N2O2/c1-6-15-11(14)10(2)9-13(5)8-7-12(3)4/h10H,6-9H2,1-5H3. The van der Waals surface area contributed by atoms with Gasteiger partial charge >= 0.3 is 5.97 Å². The Morgan fingerprint density at radius 1 is 1.27 bits per heavy atom. The molecule has 0 bridgehead atoms. The molecule has 1 unspecified atom stereocenters. The summed E-state index contributed by atoms with van der Waals surface area (Å²) in [6, 6.07) is 0. The van der Waals surface area contributed by atoms with E-state index >= 15 is 0 Å². The van der Waals surface area contributed by atoms with Gasteiger partial charge in [-0.2, -0.15) is 0 Å². The van der Waals surface area contributed by atoms with E-state index in [9.17, 15) is 4.79 Å². The number of nitrogens with zero attached hydrogens (tertiary/aromatic N) is 2. The predicted octanol–water partition coefficient (Wildman–Crippen LogP) is 0.679. The van der Waals surface area contributed by atoms with E-state index in [0.29, 0.717) is 6.61 Å². The first-order chi connectivity index (χ1) is 6.97. The minimum atomic E-state index is -0.103. The maximum absolute atomic E-state index is 11.4. The number of likely N-dealkylation sites (N-methyl/N-ethyl adjacent to an activating group) is 2. The molecule has 0 aliphatic heterocycles. The van der Waals surface area contributed by atoms with Crippen LogP contribution in [0.5, 0.6) is 0 Å². The van der Waals surface area contributed by atoms with Gasteiger partial charge in [-0.15, -0.1) is 0 Å². The summed E-state index contributed by atoms with van der Waals surface area (Å²) in [6.45, 7) is 6.94. The first kappa shape index (κ1) is 14.4. The maximum atomic E-state index is 11.4. The van der Waals surface area contributed by atoms with Crippen LogP contribution >= 0.6 is 0 Å². The fourth-order valence-corrected chi connectivity index (χ4v) is 1.29. The highest BCUT2D eigenvalue weighted by Gasteiger charge is 2.15. The van der Waals surface area contributed by atoms with Crippen molar-refractivity contribution in [2.24, 2.45) is 5.92 Å². The summed E-state index contributed by atoms with van der Waals surface area (Å²) >= 11 is 0. The van der Waals surface area contributed by atoms with Gasteiger partial charge in [-0.25, -0.2) is 0 Å². The molecule has 4 heteroatoms. The summed E-state index contributed by atoms with van der Waals surface area (Å²) in [6.07, 6.45) is 0. The van der Waals surface area contributed by atoms with Crippen LogP contribution in [-0.2, 0) is 9.53 Å². The molecule has 0 aliphatic rings. The third kappa shape index (κ3) is 7.33. The van der Waals surface area contributed by atoms with E-state index in [1.807, 2.05) is 35.0 Å². The number of rotatable bonds is 7. The molecule has 15 heavy (non-hydrogen) atoms. The summed E-state index contributed by atoms with van der Waals surface area (Å²) in [5, 5.41) is 0. The lowest BCUT2D eigenvalue weighted by Gasteiger charge is -2.21. The van der Waals surface area contributed by atoms with Crippen molar-refractivity contribution in [2.45, 2.75) is 13.8 Å². The Balaban J connectivity index is 3.74. The van der Waals surface area contributed by atoms with Crippen molar-refractivity contribution in [1.82, 2.24) is 9.80 Å².